The van der Waals surface area contributed by atoms with Crippen molar-refractivity contribution >= 4 is 41.1 Å². The van der Waals surface area contributed by atoms with E-state index in [0.717, 1.165) is 10.5 Å². The first-order valence-corrected chi connectivity index (χ1v) is 11.2. The number of nitrogens with zero attached hydrogens (tertiary/aromatic N) is 1. The van der Waals surface area contributed by atoms with E-state index in [1.54, 1.807) is 42.5 Å². The summed E-state index contributed by atoms with van der Waals surface area (Å²) < 4.78 is 0. The molecule has 1 fully saturated rings. The topological polar surface area (TPSA) is 142 Å². The number of hydrogen-bond acceptors (Lipinski definition) is 6. The largest absolute Gasteiger partial charge is 0.338 e. The molecule has 2 aromatic rings. The van der Waals surface area contributed by atoms with Crippen molar-refractivity contribution in [2.45, 2.75) is 38.6 Å². The summed E-state index contributed by atoms with van der Waals surface area (Å²) in [5.41, 5.74) is 2.29. The standard InChI is InChI=1S/C25H24N4O6/c1-14(30)16-5-2-6-17(13-16)27-25(35)26-11-3-4-15-7-8-18-19(12-15)24(34)29(23(18)33)20-9-10-21(31)28-22(20)32/h2,5-8,12-13,20H,3-4,9-11H2,1H3,(H2,26,27,35)(H,28,31,32). The highest BCUT2D eigenvalue weighted by Crippen LogP contribution is 2.28. The number of nitrogens with one attached hydrogen (secondary N) is 3. The second kappa shape index (κ2) is 9.88. The van der Waals surface area contributed by atoms with Crippen molar-refractivity contribution in [3.8, 4) is 0 Å². The van der Waals surface area contributed by atoms with Crippen LogP contribution in [0, 0.1) is 0 Å². The average molecular weight is 476 g/mol. The van der Waals surface area contributed by atoms with E-state index in [-0.39, 0.29) is 29.8 Å². The Morgan fingerprint density at radius 3 is 2.54 bits per heavy atom. The van der Waals surface area contributed by atoms with Gasteiger partial charge in [0.1, 0.15) is 6.04 Å². The molecule has 1 saturated heterocycles. The number of fused-ring (bicyclic) bond motifs is 1. The summed E-state index contributed by atoms with van der Waals surface area (Å²) in [6, 6.07) is 10.2. The Hall–Kier alpha value is -4.34. The molecule has 0 spiro atoms. The van der Waals surface area contributed by atoms with Crippen LogP contribution in [-0.4, -0.2) is 52.9 Å². The van der Waals surface area contributed by atoms with Crippen LogP contribution in [0.1, 0.15) is 62.8 Å². The van der Waals surface area contributed by atoms with Gasteiger partial charge in [0.2, 0.25) is 11.8 Å². The number of amides is 6. The van der Waals surface area contributed by atoms with Gasteiger partial charge in [-0.3, -0.25) is 34.2 Å². The lowest BCUT2D eigenvalue weighted by molar-refractivity contribution is -0.136. The summed E-state index contributed by atoms with van der Waals surface area (Å²) in [7, 11) is 0. The normalized spacial score (nSPS) is 17.2. The van der Waals surface area contributed by atoms with Crippen molar-refractivity contribution in [3.63, 3.8) is 0 Å². The highest BCUT2D eigenvalue weighted by Gasteiger charge is 2.44. The van der Waals surface area contributed by atoms with Crippen LogP contribution in [0.15, 0.2) is 42.5 Å². The fourth-order valence-electron chi connectivity index (χ4n) is 4.16. The van der Waals surface area contributed by atoms with Crippen LogP contribution in [0.25, 0.3) is 0 Å². The number of anilines is 1. The number of piperidine rings is 1. The van der Waals surface area contributed by atoms with Crippen LogP contribution in [0.3, 0.4) is 0 Å². The molecule has 0 radical (unpaired) electrons. The molecule has 2 aliphatic heterocycles. The number of urea groups is 1. The molecule has 2 aliphatic rings. The maximum atomic E-state index is 12.9. The first-order chi connectivity index (χ1) is 16.7. The van der Waals surface area contributed by atoms with E-state index in [2.05, 4.69) is 16.0 Å². The van der Waals surface area contributed by atoms with E-state index < -0.39 is 35.7 Å². The maximum Gasteiger partial charge on any atom is 0.319 e. The van der Waals surface area contributed by atoms with Gasteiger partial charge in [-0.1, -0.05) is 18.2 Å². The number of carbonyl (C=O) groups excluding carboxylic acids is 6. The SMILES string of the molecule is CC(=O)c1cccc(NC(=O)NCCCc2ccc3c(c2)C(=O)N(C2CCC(=O)NC2=O)C3=O)c1. The molecule has 1 unspecified atom stereocenters. The van der Waals surface area contributed by atoms with Crippen molar-refractivity contribution in [2.24, 2.45) is 0 Å². The number of benzene rings is 2. The zero-order valence-electron chi connectivity index (χ0n) is 19.1. The zero-order chi connectivity index (χ0) is 25.1. The molecule has 0 aromatic heterocycles. The van der Waals surface area contributed by atoms with E-state index in [4.69, 9.17) is 0 Å². The predicted octanol–water partition coefficient (Wildman–Crippen LogP) is 2.04. The molecular formula is C25H24N4O6. The molecule has 0 saturated carbocycles. The summed E-state index contributed by atoms with van der Waals surface area (Å²) in [6.45, 7) is 1.82. The Bertz CT molecular complexity index is 1250. The van der Waals surface area contributed by atoms with Crippen LogP contribution < -0.4 is 16.0 Å². The number of imide groups is 2. The van der Waals surface area contributed by atoms with Gasteiger partial charge >= 0.3 is 6.03 Å². The average Bonchev–Trinajstić information content (AvgIpc) is 3.06. The third-order valence-electron chi connectivity index (χ3n) is 5.96. The fourth-order valence-corrected chi connectivity index (χ4v) is 4.16. The number of ketones is 1. The molecule has 180 valence electrons. The van der Waals surface area contributed by atoms with Gasteiger partial charge in [0.15, 0.2) is 5.78 Å². The molecule has 0 bridgehead atoms. The van der Waals surface area contributed by atoms with E-state index in [0.29, 0.717) is 30.6 Å². The molecule has 10 nitrogen and oxygen atoms in total. The summed E-state index contributed by atoms with van der Waals surface area (Å²) in [5, 5.41) is 7.59. The van der Waals surface area contributed by atoms with E-state index in [1.807, 2.05) is 0 Å². The first-order valence-electron chi connectivity index (χ1n) is 11.2. The van der Waals surface area contributed by atoms with E-state index in [9.17, 15) is 28.8 Å². The highest BCUT2D eigenvalue weighted by molar-refractivity contribution is 6.23. The van der Waals surface area contributed by atoms with Gasteiger partial charge < -0.3 is 10.6 Å². The number of rotatable bonds is 7. The molecule has 2 heterocycles. The summed E-state index contributed by atoms with van der Waals surface area (Å²) in [4.78, 5) is 73.7. The van der Waals surface area contributed by atoms with Crippen molar-refractivity contribution in [3.05, 3.63) is 64.7 Å². The van der Waals surface area contributed by atoms with Crippen LogP contribution in [0.4, 0.5) is 10.5 Å². The molecule has 10 heteroatoms. The van der Waals surface area contributed by atoms with Gasteiger partial charge in [-0.05, 0) is 56.0 Å². The van der Waals surface area contributed by atoms with Gasteiger partial charge in [-0.25, -0.2) is 4.79 Å². The lowest BCUT2D eigenvalue weighted by atomic mass is 10.0. The fraction of sp³-hybridized carbons (Fsp3) is 0.280. The Morgan fingerprint density at radius 1 is 1.03 bits per heavy atom. The van der Waals surface area contributed by atoms with Gasteiger partial charge in [0, 0.05) is 24.2 Å². The lowest BCUT2D eigenvalue weighted by Crippen LogP contribution is -2.54. The Morgan fingerprint density at radius 2 is 1.80 bits per heavy atom. The minimum absolute atomic E-state index is 0.0673. The first kappa shape index (κ1) is 23.8. The monoisotopic (exact) mass is 476 g/mol. The zero-order valence-corrected chi connectivity index (χ0v) is 19.1. The van der Waals surface area contributed by atoms with Gasteiger partial charge in [-0.15, -0.1) is 0 Å². The summed E-state index contributed by atoms with van der Waals surface area (Å²) >= 11 is 0. The third-order valence-corrected chi connectivity index (χ3v) is 5.96. The van der Waals surface area contributed by atoms with Crippen LogP contribution in [-0.2, 0) is 16.0 Å². The molecule has 1 atom stereocenters. The van der Waals surface area contributed by atoms with E-state index in [1.165, 1.54) is 6.92 Å². The van der Waals surface area contributed by atoms with Crippen molar-refractivity contribution in [2.75, 3.05) is 11.9 Å². The molecule has 0 aliphatic carbocycles. The molecule has 4 rings (SSSR count). The van der Waals surface area contributed by atoms with Crippen LogP contribution in [0.2, 0.25) is 0 Å². The van der Waals surface area contributed by atoms with Crippen molar-refractivity contribution < 1.29 is 28.8 Å². The minimum Gasteiger partial charge on any atom is -0.338 e. The highest BCUT2D eigenvalue weighted by atomic mass is 16.2. The number of carbonyl (C=O) groups is 6. The van der Waals surface area contributed by atoms with Gasteiger partial charge in [0.25, 0.3) is 11.8 Å². The third kappa shape index (κ3) is 5.11. The maximum absolute atomic E-state index is 12.9. The van der Waals surface area contributed by atoms with E-state index >= 15 is 0 Å². The summed E-state index contributed by atoms with van der Waals surface area (Å²) in [6.07, 6.45) is 1.31. The number of Topliss-reactive ketones (excluding diaryl/α,β-unsaturated/α-hetero) is 1. The van der Waals surface area contributed by atoms with Gasteiger partial charge in [0.05, 0.1) is 11.1 Å². The Balaban J connectivity index is 1.31. The molecule has 3 N–H and O–H groups in total. The van der Waals surface area contributed by atoms with Crippen molar-refractivity contribution in [1.82, 2.24) is 15.5 Å². The van der Waals surface area contributed by atoms with Crippen LogP contribution in [0.5, 0.6) is 0 Å². The minimum atomic E-state index is -0.998. The van der Waals surface area contributed by atoms with Crippen LogP contribution >= 0.6 is 0 Å². The van der Waals surface area contributed by atoms with Crippen molar-refractivity contribution in [1.29, 1.82) is 0 Å². The molecular weight excluding hydrogens is 452 g/mol. The summed E-state index contributed by atoms with van der Waals surface area (Å²) in [5.74, 6) is -2.25. The smallest absolute Gasteiger partial charge is 0.319 e. The lowest BCUT2D eigenvalue weighted by Gasteiger charge is -2.27. The number of hydrogen-bond donors (Lipinski definition) is 3. The Labute approximate surface area is 201 Å². The van der Waals surface area contributed by atoms with Gasteiger partial charge in [-0.2, -0.15) is 0 Å². The molecule has 2 aromatic carbocycles. The number of aryl methyl sites for hydroxylation is 1. The Kier molecular flexibility index (Phi) is 6.72. The molecule has 6 amide bonds. The molecule has 35 heavy (non-hydrogen) atoms. The second-order valence-electron chi connectivity index (χ2n) is 8.45. The second-order valence-corrected chi connectivity index (χ2v) is 8.45. The quantitative estimate of drug-likeness (QED) is 0.317. The predicted molar refractivity (Wildman–Crippen MR) is 125 cm³/mol.